The van der Waals surface area contributed by atoms with Gasteiger partial charge in [-0.1, -0.05) is 51.8 Å². The van der Waals surface area contributed by atoms with Crippen LogP contribution in [-0.2, 0) is 6.18 Å². The quantitative estimate of drug-likeness (QED) is 0.728. The van der Waals surface area contributed by atoms with Crippen molar-refractivity contribution in [2.45, 2.75) is 52.3 Å². The van der Waals surface area contributed by atoms with Gasteiger partial charge in [-0.3, -0.25) is 0 Å². The molecule has 1 nitrogen and oxygen atoms in total. The third-order valence-corrected chi connectivity index (χ3v) is 3.37. The molecule has 114 valence electrons. The molecule has 4 heteroatoms. The molecule has 0 aromatic heterocycles. The maximum Gasteiger partial charge on any atom is 0.416 e. The molecule has 1 aromatic rings. The minimum absolute atomic E-state index is 0.225. The maximum absolute atomic E-state index is 13.1. The van der Waals surface area contributed by atoms with E-state index in [1.807, 2.05) is 6.92 Å². The monoisotopic (exact) mass is 287 g/mol. The number of halogens is 3. The Morgan fingerprint density at radius 1 is 1.10 bits per heavy atom. The van der Waals surface area contributed by atoms with Crippen molar-refractivity contribution < 1.29 is 13.2 Å². The molecule has 0 saturated carbocycles. The van der Waals surface area contributed by atoms with E-state index < -0.39 is 11.7 Å². The van der Waals surface area contributed by atoms with Crippen molar-refractivity contribution in [3.63, 3.8) is 0 Å². The highest BCUT2D eigenvalue weighted by atomic mass is 19.4. The number of alkyl halides is 3. The van der Waals surface area contributed by atoms with Crippen molar-refractivity contribution in [2.75, 3.05) is 6.54 Å². The highest BCUT2D eigenvalue weighted by Gasteiger charge is 2.34. The van der Waals surface area contributed by atoms with Gasteiger partial charge in [0.25, 0.3) is 0 Å². The van der Waals surface area contributed by atoms with Gasteiger partial charge in [-0.25, -0.2) is 0 Å². The fourth-order valence-electron chi connectivity index (χ4n) is 2.40. The number of nitrogens with one attached hydrogen (secondary N) is 1. The Balaban J connectivity index is 2.91. The molecular weight excluding hydrogens is 263 g/mol. The first kappa shape index (κ1) is 17.0. The van der Waals surface area contributed by atoms with Crippen LogP contribution >= 0.6 is 0 Å². The second kappa shape index (κ2) is 7.67. The summed E-state index contributed by atoms with van der Waals surface area (Å²) in [5, 5.41) is 3.19. The van der Waals surface area contributed by atoms with Crippen molar-refractivity contribution in [1.29, 1.82) is 0 Å². The van der Waals surface area contributed by atoms with E-state index in [2.05, 4.69) is 19.2 Å². The molecule has 0 fully saturated rings. The molecule has 0 radical (unpaired) electrons. The average Bonchev–Trinajstić information content (AvgIpc) is 2.36. The molecule has 1 aromatic carbocycles. The first-order chi connectivity index (χ1) is 9.36. The predicted octanol–water partition coefficient (Wildman–Crippen LogP) is 5.18. The van der Waals surface area contributed by atoms with Crippen molar-refractivity contribution in [3.8, 4) is 0 Å². The zero-order valence-electron chi connectivity index (χ0n) is 12.4. The van der Waals surface area contributed by atoms with Crippen LogP contribution in [0.5, 0.6) is 0 Å². The van der Waals surface area contributed by atoms with Crippen molar-refractivity contribution in [1.82, 2.24) is 5.32 Å². The SMILES string of the molecule is CCNC(CCCC(C)C)c1ccccc1C(F)(F)F. The van der Waals surface area contributed by atoms with Crippen LogP contribution in [0.2, 0.25) is 0 Å². The van der Waals surface area contributed by atoms with Crippen LogP contribution in [0.25, 0.3) is 0 Å². The summed E-state index contributed by atoms with van der Waals surface area (Å²) in [6, 6.07) is 5.66. The van der Waals surface area contributed by atoms with Gasteiger partial charge < -0.3 is 5.32 Å². The largest absolute Gasteiger partial charge is 0.416 e. The van der Waals surface area contributed by atoms with Gasteiger partial charge in [0.1, 0.15) is 0 Å². The van der Waals surface area contributed by atoms with Gasteiger partial charge in [0, 0.05) is 6.04 Å². The Labute approximate surface area is 119 Å². The van der Waals surface area contributed by atoms with Gasteiger partial charge in [0.05, 0.1) is 5.56 Å². The normalized spacial score (nSPS) is 13.8. The van der Waals surface area contributed by atoms with Crippen LogP contribution in [0.4, 0.5) is 13.2 Å². The van der Waals surface area contributed by atoms with Gasteiger partial charge >= 0.3 is 6.18 Å². The van der Waals surface area contributed by atoms with Crippen molar-refractivity contribution >= 4 is 0 Å². The molecule has 1 rings (SSSR count). The van der Waals surface area contributed by atoms with Gasteiger partial charge in [-0.15, -0.1) is 0 Å². The fourth-order valence-corrected chi connectivity index (χ4v) is 2.40. The first-order valence-electron chi connectivity index (χ1n) is 7.25. The molecular formula is C16H24F3N. The summed E-state index contributed by atoms with van der Waals surface area (Å²) in [5.74, 6) is 0.579. The van der Waals surface area contributed by atoms with Gasteiger partial charge in [0.2, 0.25) is 0 Å². The number of hydrogen-bond donors (Lipinski definition) is 1. The molecule has 0 aliphatic rings. The van der Waals surface area contributed by atoms with E-state index in [0.29, 0.717) is 18.0 Å². The Hall–Kier alpha value is -1.03. The van der Waals surface area contributed by atoms with Crippen molar-refractivity contribution in [2.24, 2.45) is 5.92 Å². The van der Waals surface area contributed by atoms with E-state index >= 15 is 0 Å². The topological polar surface area (TPSA) is 12.0 Å². The lowest BCUT2D eigenvalue weighted by Gasteiger charge is -2.23. The molecule has 0 spiro atoms. The summed E-state index contributed by atoms with van der Waals surface area (Å²) in [4.78, 5) is 0. The van der Waals surface area contributed by atoms with Crippen molar-refractivity contribution in [3.05, 3.63) is 35.4 Å². The molecule has 0 amide bonds. The molecule has 0 bridgehead atoms. The van der Waals surface area contributed by atoms with E-state index in [-0.39, 0.29) is 6.04 Å². The summed E-state index contributed by atoms with van der Waals surface area (Å²) < 4.78 is 39.2. The Morgan fingerprint density at radius 2 is 1.75 bits per heavy atom. The Bertz CT molecular complexity index is 399. The van der Waals surface area contributed by atoms with Crippen LogP contribution < -0.4 is 5.32 Å². The minimum atomic E-state index is -4.29. The predicted molar refractivity (Wildman–Crippen MR) is 76.6 cm³/mol. The molecule has 0 aliphatic heterocycles. The van der Waals surface area contributed by atoms with Gasteiger partial charge in [0.15, 0.2) is 0 Å². The first-order valence-corrected chi connectivity index (χ1v) is 7.25. The van der Waals surface area contributed by atoms with Crippen LogP contribution in [0.15, 0.2) is 24.3 Å². The van der Waals surface area contributed by atoms with E-state index in [1.54, 1.807) is 12.1 Å². The smallest absolute Gasteiger partial charge is 0.310 e. The second-order valence-electron chi connectivity index (χ2n) is 5.52. The molecule has 0 saturated heterocycles. The zero-order chi connectivity index (χ0) is 15.2. The molecule has 1 atom stereocenters. The standard InChI is InChI=1S/C16H24F3N/c1-4-20-15(11-7-8-12(2)3)13-9-5-6-10-14(13)16(17,18)19/h5-6,9-10,12,15,20H,4,7-8,11H2,1-3H3. The van der Waals surface area contributed by atoms with Crippen LogP contribution in [0.1, 0.15) is 57.2 Å². The number of rotatable bonds is 7. The fraction of sp³-hybridized carbons (Fsp3) is 0.625. The molecule has 0 aliphatic carbocycles. The van der Waals surface area contributed by atoms with Gasteiger partial charge in [-0.2, -0.15) is 13.2 Å². The summed E-state index contributed by atoms with van der Waals surface area (Å²) >= 11 is 0. The minimum Gasteiger partial charge on any atom is -0.310 e. The Morgan fingerprint density at radius 3 is 2.30 bits per heavy atom. The highest BCUT2D eigenvalue weighted by molar-refractivity contribution is 5.32. The van der Waals surface area contributed by atoms with E-state index in [1.165, 1.54) is 12.1 Å². The molecule has 0 heterocycles. The van der Waals surface area contributed by atoms with E-state index in [4.69, 9.17) is 0 Å². The second-order valence-corrected chi connectivity index (χ2v) is 5.52. The summed E-state index contributed by atoms with van der Waals surface area (Å²) in [6.45, 7) is 6.85. The zero-order valence-corrected chi connectivity index (χ0v) is 12.4. The summed E-state index contributed by atoms with van der Waals surface area (Å²) in [7, 11) is 0. The number of hydrogen-bond acceptors (Lipinski definition) is 1. The molecule has 1 N–H and O–H groups in total. The van der Waals surface area contributed by atoms with Crippen LogP contribution in [0.3, 0.4) is 0 Å². The third kappa shape index (κ3) is 5.16. The lowest BCUT2D eigenvalue weighted by atomic mass is 9.94. The third-order valence-electron chi connectivity index (χ3n) is 3.37. The average molecular weight is 287 g/mol. The lowest BCUT2D eigenvalue weighted by Crippen LogP contribution is -2.24. The number of benzene rings is 1. The lowest BCUT2D eigenvalue weighted by molar-refractivity contribution is -0.138. The molecule has 20 heavy (non-hydrogen) atoms. The summed E-state index contributed by atoms with van der Waals surface area (Å²) in [6.07, 6.45) is -1.58. The molecule has 1 unspecified atom stereocenters. The highest BCUT2D eigenvalue weighted by Crippen LogP contribution is 2.35. The van der Waals surface area contributed by atoms with Crippen LogP contribution in [-0.4, -0.2) is 6.54 Å². The van der Waals surface area contributed by atoms with E-state index in [0.717, 1.165) is 19.3 Å². The van der Waals surface area contributed by atoms with Crippen LogP contribution in [0, 0.1) is 5.92 Å². The maximum atomic E-state index is 13.1. The van der Waals surface area contributed by atoms with Gasteiger partial charge in [-0.05, 0) is 30.5 Å². The Kier molecular flexibility index (Phi) is 6.53. The van der Waals surface area contributed by atoms with E-state index in [9.17, 15) is 13.2 Å². The summed E-state index contributed by atoms with van der Waals surface area (Å²) in [5.41, 5.74) is -0.152.